The number of carboxylic acids is 1. The summed E-state index contributed by atoms with van der Waals surface area (Å²) in [5.74, 6) is -1.82. The molecule has 0 radical (unpaired) electrons. The SMILES string of the molecule is CC(C)(C)OC(=O)c1[nH]c2ccccc2c1C(=O)O. The minimum atomic E-state index is -1.15. The van der Waals surface area contributed by atoms with Crippen molar-refractivity contribution in [3.63, 3.8) is 0 Å². The molecule has 100 valence electrons. The van der Waals surface area contributed by atoms with Gasteiger partial charge < -0.3 is 14.8 Å². The molecule has 1 aromatic carbocycles. The predicted octanol–water partition coefficient (Wildman–Crippen LogP) is 2.82. The molecule has 0 atom stereocenters. The molecule has 1 heterocycles. The van der Waals surface area contributed by atoms with Crippen LogP contribution >= 0.6 is 0 Å². The topological polar surface area (TPSA) is 79.4 Å². The number of nitrogens with one attached hydrogen (secondary N) is 1. The first kappa shape index (κ1) is 13.1. The number of carboxylic acid groups (broad SMARTS) is 1. The van der Waals surface area contributed by atoms with Crippen LogP contribution in [0.4, 0.5) is 0 Å². The highest BCUT2D eigenvalue weighted by atomic mass is 16.6. The third-order valence-corrected chi connectivity index (χ3v) is 2.52. The molecule has 0 aliphatic rings. The number of aromatic nitrogens is 1. The Morgan fingerprint density at radius 3 is 2.42 bits per heavy atom. The summed E-state index contributed by atoms with van der Waals surface area (Å²) in [6.07, 6.45) is 0. The molecule has 0 unspecified atom stereocenters. The van der Waals surface area contributed by atoms with Crippen LogP contribution in [0.25, 0.3) is 10.9 Å². The second-order valence-electron chi connectivity index (χ2n) is 5.23. The summed E-state index contributed by atoms with van der Waals surface area (Å²) >= 11 is 0. The van der Waals surface area contributed by atoms with Gasteiger partial charge in [0.25, 0.3) is 0 Å². The zero-order chi connectivity index (χ0) is 14.2. The van der Waals surface area contributed by atoms with Crippen molar-refractivity contribution in [3.8, 4) is 0 Å². The van der Waals surface area contributed by atoms with Crippen molar-refractivity contribution in [3.05, 3.63) is 35.5 Å². The number of rotatable bonds is 2. The molecule has 0 bridgehead atoms. The second-order valence-corrected chi connectivity index (χ2v) is 5.23. The Hall–Kier alpha value is -2.30. The number of para-hydroxylation sites is 1. The van der Waals surface area contributed by atoms with Gasteiger partial charge in [-0.2, -0.15) is 0 Å². The summed E-state index contributed by atoms with van der Waals surface area (Å²) in [5.41, 5.74) is -0.154. The van der Waals surface area contributed by atoms with E-state index in [9.17, 15) is 14.7 Å². The van der Waals surface area contributed by atoms with E-state index in [-0.39, 0.29) is 11.3 Å². The molecule has 2 N–H and O–H groups in total. The van der Waals surface area contributed by atoms with Gasteiger partial charge in [-0.3, -0.25) is 0 Å². The quantitative estimate of drug-likeness (QED) is 0.815. The van der Waals surface area contributed by atoms with Crippen molar-refractivity contribution in [1.29, 1.82) is 0 Å². The molecule has 1 aromatic heterocycles. The highest BCUT2D eigenvalue weighted by Gasteiger charge is 2.26. The summed E-state index contributed by atoms with van der Waals surface area (Å²) in [7, 11) is 0. The lowest BCUT2D eigenvalue weighted by Gasteiger charge is -2.19. The summed E-state index contributed by atoms with van der Waals surface area (Å²) in [5, 5.41) is 9.77. The zero-order valence-electron chi connectivity index (χ0n) is 11.0. The van der Waals surface area contributed by atoms with Crippen molar-refractivity contribution in [2.45, 2.75) is 26.4 Å². The molecule has 0 saturated heterocycles. The molecule has 5 heteroatoms. The summed E-state index contributed by atoms with van der Waals surface area (Å²) in [4.78, 5) is 26.2. The lowest BCUT2D eigenvalue weighted by Crippen LogP contribution is -2.25. The fourth-order valence-corrected chi connectivity index (χ4v) is 1.85. The Labute approximate surface area is 110 Å². The summed E-state index contributed by atoms with van der Waals surface area (Å²) in [6.45, 7) is 5.19. The van der Waals surface area contributed by atoms with Crippen LogP contribution in [0.2, 0.25) is 0 Å². The largest absolute Gasteiger partial charge is 0.478 e. The van der Waals surface area contributed by atoms with Gasteiger partial charge in [0.1, 0.15) is 11.3 Å². The Kier molecular flexibility index (Phi) is 3.06. The maximum atomic E-state index is 12.0. The molecule has 0 fully saturated rings. The Morgan fingerprint density at radius 1 is 1.21 bits per heavy atom. The van der Waals surface area contributed by atoms with Gasteiger partial charge >= 0.3 is 11.9 Å². The molecule has 0 amide bonds. The molecule has 2 rings (SSSR count). The van der Waals surface area contributed by atoms with Crippen LogP contribution in [0.1, 0.15) is 41.6 Å². The van der Waals surface area contributed by atoms with Gasteiger partial charge in [-0.1, -0.05) is 18.2 Å². The maximum absolute atomic E-state index is 12.0. The molecular weight excluding hydrogens is 246 g/mol. The predicted molar refractivity (Wildman–Crippen MR) is 70.4 cm³/mol. The van der Waals surface area contributed by atoms with E-state index in [0.29, 0.717) is 10.9 Å². The van der Waals surface area contributed by atoms with Gasteiger partial charge in [0.15, 0.2) is 0 Å². The molecular formula is C14H15NO4. The third kappa shape index (κ3) is 2.59. The van der Waals surface area contributed by atoms with E-state index in [1.165, 1.54) is 0 Å². The van der Waals surface area contributed by atoms with E-state index in [1.54, 1.807) is 45.0 Å². The highest BCUT2D eigenvalue weighted by Crippen LogP contribution is 2.24. The molecule has 19 heavy (non-hydrogen) atoms. The van der Waals surface area contributed by atoms with Gasteiger partial charge in [0.05, 0.1) is 5.56 Å². The number of carbonyl (C=O) groups is 2. The fourth-order valence-electron chi connectivity index (χ4n) is 1.85. The van der Waals surface area contributed by atoms with Crippen molar-refractivity contribution in [1.82, 2.24) is 4.98 Å². The number of hydrogen-bond acceptors (Lipinski definition) is 3. The Balaban J connectivity index is 2.57. The Morgan fingerprint density at radius 2 is 1.84 bits per heavy atom. The van der Waals surface area contributed by atoms with Crippen LogP contribution in [0.5, 0.6) is 0 Å². The van der Waals surface area contributed by atoms with Gasteiger partial charge in [0.2, 0.25) is 0 Å². The normalized spacial score (nSPS) is 11.5. The number of benzene rings is 1. The van der Waals surface area contributed by atoms with Gasteiger partial charge in [-0.05, 0) is 26.8 Å². The van der Waals surface area contributed by atoms with Crippen LogP contribution in [0.3, 0.4) is 0 Å². The smallest absolute Gasteiger partial charge is 0.356 e. The molecule has 2 aromatic rings. The van der Waals surface area contributed by atoms with Gasteiger partial charge in [0, 0.05) is 10.9 Å². The average molecular weight is 261 g/mol. The van der Waals surface area contributed by atoms with E-state index in [4.69, 9.17) is 4.74 Å². The number of hydrogen-bond donors (Lipinski definition) is 2. The molecule has 0 aliphatic heterocycles. The van der Waals surface area contributed by atoms with Gasteiger partial charge in [-0.25, -0.2) is 9.59 Å². The summed E-state index contributed by atoms with van der Waals surface area (Å²) < 4.78 is 5.21. The Bertz CT molecular complexity index is 649. The number of aromatic amines is 1. The van der Waals surface area contributed by atoms with Crippen LogP contribution in [-0.4, -0.2) is 27.6 Å². The fraction of sp³-hybridized carbons (Fsp3) is 0.286. The minimum absolute atomic E-state index is 0.0244. The van der Waals surface area contributed by atoms with Crippen molar-refractivity contribution in [2.24, 2.45) is 0 Å². The lowest BCUT2D eigenvalue weighted by atomic mass is 10.1. The first-order chi connectivity index (χ1) is 8.79. The standard InChI is InChI=1S/C14H15NO4/c1-14(2,3)19-13(18)11-10(12(16)17)8-6-4-5-7-9(8)15-11/h4-7,15H,1-3H3,(H,16,17). The molecule has 0 saturated carbocycles. The van der Waals surface area contributed by atoms with E-state index in [2.05, 4.69) is 4.98 Å². The number of fused-ring (bicyclic) bond motifs is 1. The number of ether oxygens (including phenoxy) is 1. The molecule has 0 aliphatic carbocycles. The number of H-pyrrole nitrogens is 1. The monoisotopic (exact) mass is 261 g/mol. The van der Waals surface area contributed by atoms with Crippen molar-refractivity contribution in [2.75, 3.05) is 0 Å². The maximum Gasteiger partial charge on any atom is 0.356 e. The number of carbonyl (C=O) groups excluding carboxylic acids is 1. The van der Waals surface area contributed by atoms with Crippen LogP contribution in [0, 0.1) is 0 Å². The molecule has 0 spiro atoms. The van der Waals surface area contributed by atoms with E-state index in [1.807, 2.05) is 0 Å². The van der Waals surface area contributed by atoms with Crippen molar-refractivity contribution < 1.29 is 19.4 Å². The average Bonchev–Trinajstić information content (AvgIpc) is 2.65. The first-order valence-electron chi connectivity index (χ1n) is 5.87. The van der Waals surface area contributed by atoms with E-state index < -0.39 is 17.5 Å². The van der Waals surface area contributed by atoms with Gasteiger partial charge in [-0.15, -0.1) is 0 Å². The van der Waals surface area contributed by atoms with E-state index >= 15 is 0 Å². The van der Waals surface area contributed by atoms with Crippen LogP contribution < -0.4 is 0 Å². The third-order valence-electron chi connectivity index (χ3n) is 2.52. The first-order valence-corrected chi connectivity index (χ1v) is 5.87. The van der Waals surface area contributed by atoms with Crippen LogP contribution in [0.15, 0.2) is 24.3 Å². The van der Waals surface area contributed by atoms with Crippen LogP contribution in [-0.2, 0) is 4.74 Å². The minimum Gasteiger partial charge on any atom is -0.478 e. The van der Waals surface area contributed by atoms with Crippen molar-refractivity contribution >= 4 is 22.8 Å². The number of esters is 1. The second kappa shape index (κ2) is 4.42. The molecule has 5 nitrogen and oxygen atoms in total. The summed E-state index contributed by atoms with van der Waals surface area (Å²) in [6, 6.07) is 6.86. The zero-order valence-corrected chi connectivity index (χ0v) is 11.0. The highest BCUT2D eigenvalue weighted by molar-refractivity contribution is 6.12. The number of aromatic carboxylic acids is 1. The van der Waals surface area contributed by atoms with E-state index in [0.717, 1.165) is 0 Å². The lowest BCUT2D eigenvalue weighted by molar-refractivity contribution is 0.00602.